The molecule has 1 aliphatic heterocycles. The Kier molecular flexibility index (Phi) is 4.15. The number of carboxylic acids is 1. The lowest BCUT2D eigenvalue weighted by Crippen LogP contribution is -2.63. The van der Waals surface area contributed by atoms with Crippen molar-refractivity contribution in [2.45, 2.75) is 19.4 Å². The van der Waals surface area contributed by atoms with E-state index in [-0.39, 0.29) is 12.5 Å². The fourth-order valence-corrected chi connectivity index (χ4v) is 2.62. The summed E-state index contributed by atoms with van der Waals surface area (Å²) in [6.45, 7) is 4.20. The number of nitrogens with zero attached hydrogens (tertiary/aromatic N) is 1. The first kappa shape index (κ1) is 15.0. The third-order valence-corrected chi connectivity index (χ3v) is 3.93. The number of hydrogen-bond donors (Lipinski definition) is 1. The molecule has 0 spiro atoms. The standard InChI is InChI=1S/C14H16BrNO4/c1-9-3-4-11(15)10(5-9)13(19)16-7-14(2,8-16)20-6-12(17)18/h3-5H,6-8H2,1-2H3,(H,17,18). The molecule has 0 atom stereocenters. The van der Waals surface area contributed by atoms with Crippen LogP contribution in [0.15, 0.2) is 22.7 Å². The molecule has 1 N–H and O–H groups in total. The number of amides is 1. The Bertz CT molecular complexity index is 552. The normalized spacial score (nSPS) is 16.6. The number of benzene rings is 1. The molecule has 6 heteroatoms. The molecule has 0 aliphatic carbocycles. The van der Waals surface area contributed by atoms with Crippen molar-refractivity contribution in [1.82, 2.24) is 4.90 Å². The van der Waals surface area contributed by atoms with Gasteiger partial charge in [0.15, 0.2) is 0 Å². The number of carboxylic acid groups (broad SMARTS) is 1. The van der Waals surface area contributed by atoms with Crippen LogP contribution in [-0.2, 0) is 9.53 Å². The number of carbonyl (C=O) groups excluding carboxylic acids is 1. The number of aryl methyl sites for hydroxylation is 1. The molecule has 0 unspecified atom stereocenters. The Morgan fingerprint density at radius 1 is 1.45 bits per heavy atom. The third kappa shape index (κ3) is 3.19. The van der Waals surface area contributed by atoms with E-state index in [1.165, 1.54) is 0 Å². The smallest absolute Gasteiger partial charge is 0.329 e. The molecular formula is C14H16BrNO4. The molecule has 0 saturated carbocycles. The lowest BCUT2D eigenvalue weighted by atomic mass is 9.95. The van der Waals surface area contributed by atoms with Gasteiger partial charge in [-0.15, -0.1) is 0 Å². The highest BCUT2D eigenvalue weighted by Crippen LogP contribution is 2.28. The second-order valence-corrected chi connectivity index (χ2v) is 6.13. The van der Waals surface area contributed by atoms with Gasteiger partial charge in [0.25, 0.3) is 5.91 Å². The highest BCUT2D eigenvalue weighted by Gasteiger charge is 2.43. The van der Waals surface area contributed by atoms with Gasteiger partial charge in [0, 0.05) is 4.47 Å². The first-order valence-corrected chi connectivity index (χ1v) is 7.01. The first-order valence-electron chi connectivity index (χ1n) is 6.22. The molecule has 20 heavy (non-hydrogen) atoms. The number of carbonyl (C=O) groups is 2. The van der Waals surface area contributed by atoms with E-state index in [1.807, 2.05) is 32.0 Å². The molecule has 0 radical (unpaired) electrons. The largest absolute Gasteiger partial charge is 0.480 e. The van der Waals surface area contributed by atoms with Gasteiger partial charge >= 0.3 is 5.97 Å². The molecular weight excluding hydrogens is 326 g/mol. The van der Waals surface area contributed by atoms with Gasteiger partial charge in [-0.2, -0.15) is 0 Å². The van der Waals surface area contributed by atoms with Crippen molar-refractivity contribution in [2.75, 3.05) is 19.7 Å². The molecule has 1 heterocycles. The van der Waals surface area contributed by atoms with E-state index in [1.54, 1.807) is 4.90 Å². The van der Waals surface area contributed by atoms with Gasteiger partial charge in [0.1, 0.15) is 12.2 Å². The van der Waals surface area contributed by atoms with E-state index in [2.05, 4.69) is 15.9 Å². The van der Waals surface area contributed by atoms with Crippen LogP contribution in [-0.4, -0.2) is 47.2 Å². The topological polar surface area (TPSA) is 66.8 Å². The summed E-state index contributed by atoms with van der Waals surface area (Å²) < 4.78 is 6.05. The summed E-state index contributed by atoms with van der Waals surface area (Å²) in [5, 5.41) is 8.60. The van der Waals surface area contributed by atoms with Crippen LogP contribution in [0.5, 0.6) is 0 Å². The lowest BCUT2D eigenvalue weighted by molar-refractivity contribution is -0.159. The van der Waals surface area contributed by atoms with Crippen LogP contribution in [0.3, 0.4) is 0 Å². The van der Waals surface area contributed by atoms with Crippen molar-refractivity contribution in [2.24, 2.45) is 0 Å². The maximum absolute atomic E-state index is 12.3. The summed E-state index contributed by atoms with van der Waals surface area (Å²) in [5.41, 5.74) is 1.07. The summed E-state index contributed by atoms with van der Waals surface area (Å²) in [6, 6.07) is 5.61. The zero-order valence-electron chi connectivity index (χ0n) is 11.4. The Morgan fingerprint density at radius 2 is 2.10 bits per heavy atom. The zero-order valence-corrected chi connectivity index (χ0v) is 12.9. The van der Waals surface area contributed by atoms with Crippen LogP contribution in [0.1, 0.15) is 22.8 Å². The van der Waals surface area contributed by atoms with Crippen molar-refractivity contribution in [1.29, 1.82) is 0 Å². The van der Waals surface area contributed by atoms with Crippen molar-refractivity contribution in [3.63, 3.8) is 0 Å². The van der Waals surface area contributed by atoms with Crippen LogP contribution in [0.2, 0.25) is 0 Å². The van der Waals surface area contributed by atoms with Gasteiger partial charge in [0.2, 0.25) is 0 Å². The molecule has 1 aliphatic rings. The molecule has 1 aromatic carbocycles. The summed E-state index contributed by atoms with van der Waals surface area (Å²) >= 11 is 3.37. The molecule has 2 rings (SSSR count). The second kappa shape index (κ2) is 5.54. The average Bonchev–Trinajstić information content (AvgIpc) is 2.35. The SMILES string of the molecule is Cc1ccc(Br)c(C(=O)N2CC(C)(OCC(=O)O)C2)c1. The van der Waals surface area contributed by atoms with E-state index in [4.69, 9.17) is 9.84 Å². The van der Waals surface area contributed by atoms with E-state index in [0.29, 0.717) is 18.7 Å². The van der Waals surface area contributed by atoms with E-state index in [0.717, 1.165) is 10.0 Å². The van der Waals surface area contributed by atoms with Gasteiger partial charge < -0.3 is 14.7 Å². The van der Waals surface area contributed by atoms with Crippen LogP contribution in [0, 0.1) is 6.92 Å². The van der Waals surface area contributed by atoms with E-state index >= 15 is 0 Å². The third-order valence-electron chi connectivity index (χ3n) is 3.23. The van der Waals surface area contributed by atoms with Gasteiger partial charge in [-0.05, 0) is 41.9 Å². The molecule has 1 fully saturated rings. The van der Waals surface area contributed by atoms with Gasteiger partial charge in [-0.25, -0.2) is 4.79 Å². The number of ether oxygens (including phenoxy) is 1. The summed E-state index contributed by atoms with van der Waals surface area (Å²) in [7, 11) is 0. The Labute approximate surface area is 125 Å². The summed E-state index contributed by atoms with van der Waals surface area (Å²) in [5.74, 6) is -1.07. The summed E-state index contributed by atoms with van der Waals surface area (Å²) in [6.07, 6.45) is 0. The average molecular weight is 342 g/mol. The monoisotopic (exact) mass is 341 g/mol. The lowest BCUT2D eigenvalue weighted by Gasteiger charge is -2.47. The molecule has 1 saturated heterocycles. The number of hydrogen-bond acceptors (Lipinski definition) is 3. The molecule has 5 nitrogen and oxygen atoms in total. The summed E-state index contributed by atoms with van der Waals surface area (Å²) in [4.78, 5) is 24.5. The Hall–Kier alpha value is -1.40. The van der Waals surface area contributed by atoms with Crippen molar-refractivity contribution < 1.29 is 19.4 Å². The first-order chi connectivity index (χ1) is 9.31. The van der Waals surface area contributed by atoms with Crippen LogP contribution >= 0.6 is 15.9 Å². The van der Waals surface area contributed by atoms with Crippen molar-refractivity contribution in [3.05, 3.63) is 33.8 Å². The minimum atomic E-state index is -1.00. The minimum Gasteiger partial charge on any atom is -0.480 e. The molecule has 0 aromatic heterocycles. The number of aliphatic carboxylic acids is 1. The van der Waals surface area contributed by atoms with Crippen molar-refractivity contribution >= 4 is 27.8 Å². The number of halogens is 1. The molecule has 0 bridgehead atoms. The maximum Gasteiger partial charge on any atom is 0.329 e. The predicted molar refractivity (Wildman–Crippen MR) is 76.8 cm³/mol. The van der Waals surface area contributed by atoms with Gasteiger partial charge in [-0.1, -0.05) is 11.6 Å². The molecule has 108 valence electrons. The van der Waals surface area contributed by atoms with Gasteiger partial charge in [-0.3, -0.25) is 4.79 Å². The van der Waals surface area contributed by atoms with Crippen molar-refractivity contribution in [3.8, 4) is 0 Å². The minimum absolute atomic E-state index is 0.0722. The molecule has 1 aromatic rings. The zero-order chi connectivity index (χ0) is 14.9. The highest BCUT2D eigenvalue weighted by molar-refractivity contribution is 9.10. The number of rotatable bonds is 4. The fourth-order valence-electron chi connectivity index (χ4n) is 2.21. The Balaban J connectivity index is 2.00. The van der Waals surface area contributed by atoms with Crippen LogP contribution in [0.25, 0.3) is 0 Å². The van der Waals surface area contributed by atoms with Crippen LogP contribution < -0.4 is 0 Å². The van der Waals surface area contributed by atoms with Gasteiger partial charge in [0.05, 0.1) is 18.7 Å². The second-order valence-electron chi connectivity index (χ2n) is 5.28. The molecule has 1 amide bonds. The maximum atomic E-state index is 12.3. The fraction of sp³-hybridized carbons (Fsp3) is 0.429. The quantitative estimate of drug-likeness (QED) is 0.910. The van der Waals surface area contributed by atoms with E-state index < -0.39 is 11.6 Å². The predicted octanol–water partition coefficient (Wildman–Crippen LogP) is 2.07. The highest BCUT2D eigenvalue weighted by atomic mass is 79.9. The van der Waals surface area contributed by atoms with E-state index in [9.17, 15) is 9.59 Å². The number of likely N-dealkylation sites (tertiary alicyclic amines) is 1. The van der Waals surface area contributed by atoms with Crippen LogP contribution in [0.4, 0.5) is 0 Å². The Morgan fingerprint density at radius 3 is 2.70 bits per heavy atom.